The lowest BCUT2D eigenvalue weighted by atomic mass is 10.1. The molecule has 0 spiro atoms. The first-order valence-corrected chi connectivity index (χ1v) is 18.0. The lowest BCUT2D eigenvalue weighted by Gasteiger charge is -2.20. The van der Waals surface area contributed by atoms with E-state index in [1.165, 1.54) is 0 Å². The number of quaternary nitrogens is 1. The molecule has 2 aromatic rings. The molecule has 10 nitrogen and oxygen atoms in total. The van der Waals surface area contributed by atoms with Crippen LogP contribution in [0.1, 0.15) is 39.0 Å². The maximum Gasteiger partial charge on any atom is 0.264 e. The molecule has 2 N–H and O–H groups in total. The molecule has 2 aliphatic heterocycles. The summed E-state index contributed by atoms with van der Waals surface area (Å²) in [6.45, 7) is 3.08. The third-order valence-corrected chi connectivity index (χ3v) is 9.36. The third-order valence-electron chi connectivity index (χ3n) is 6.78. The number of nitrogens with one attached hydrogen (secondary N) is 1. The van der Waals surface area contributed by atoms with E-state index < -0.39 is 26.0 Å². The number of allylic oxidation sites excluding steroid dienone is 2. The van der Waals surface area contributed by atoms with Crippen LogP contribution in [0.15, 0.2) is 69.0 Å². The van der Waals surface area contributed by atoms with E-state index in [0.717, 1.165) is 36.5 Å². The second-order valence-corrected chi connectivity index (χ2v) is 14.8. The molecule has 0 saturated heterocycles. The predicted octanol–water partition coefficient (Wildman–Crippen LogP) is 4.52. The minimum absolute atomic E-state index is 0.272. The number of ether oxygens (including phenoxy) is 2. The minimum atomic E-state index is -4.26. The van der Waals surface area contributed by atoms with Crippen molar-refractivity contribution in [1.82, 2.24) is 0 Å². The van der Waals surface area contributed by atoms with E-state index in [9.17, 15) is 21.4 Å². The van der Waals surface area contributed by atoms with Gasteiger partial charge in [0.2, 0.25) is 5.88 Å². The summed E-state index contributed by atoms with van der Waals surface area (Å²) in [6, 6.07) is 11.5. The second kappa shape index (κ2) is 13.6. The molecule has 0 amide bonds. The zero-order valence-corrected chi connectivity index (χ0v) is 27.2. The standard InChI is InChI=1S/C27H32Br2N2O8S2/c1-2-19(15-26-30(11-3-5-13-40(32,33)34)22-17-20(28)7-9-24(22)38-26)16-27-31(12-4-6-14-41(35,36)37)23-18-21(29)8-10-25(23)39-27/h7-10,15-18,26H,2-6,11-14H2,1H3,(H,32,33,34)(H,35,36,37)/b19-15+,27-16-. The summed E-state index contributed by atoms with van der Waals surface area (Å²) >= 11 is 7.03. The maximum atomic E-state index is 11.2. The van der Waals surface area contributed by atoms with Crippen LogP contribution in [0.25, 0.3) is 0 Å². The molecular weight excluding hydrogens is 704 g/mol. The summed E-state index contributed by atoms with van der Waals surface area (Å²) in [7, 11) is -8.29. The molecule has 14 heteroatoms. The Morgan fingerprint density at radius 2 is 1.71 bits per heavy atom. The van der Waals surface area contributed by atoms with Gasteiger partial charge in [0.05, 0.1) is 28.1 Å². The van der Waals surface area contributed by atoms with E-state index in [1.54, 1.807) is 0 Å². The number of hydrogen-bond donors (Lipinski definition) is 2. The van der Waals surface area contributed by atoms with Gasteiger partial charge in [0.25, 0.3) is 16.3 Å². The first-order chi connectivity index (χ1) is 19.3. The number of benzene rings is 2. The molecule has 0 aliphatic carbocycles. The van der Waals surface area contributed by atoms with Crippen molar-refractivity contribution in [3.63, 3.8) is 0 Å². The molecule has 0 saturated carbocycles. The van der Waals surface area contributed by atoms with Gasteiger partial charge >= 0.3 is 0 Å². The Morgan fingerprint density at radius 1 is 1.02 bits per heavy atom. The highest BCUT2D eigenvalue weighted by Gasteiger charge is 2.35. The number of unbranched alkanes of at least 4 members (excludes halogenated alkanes) is 2. The van der Waals surface area contributed by atoms with Crippen LogP contribution in [-0.2, 0) is 20.2 Å². The predicted molar refractivity (Wildman–Crippen MR) is 162 cm³/mol. The second-order valence-electron chi connectivity index (χ2n) is 9.86. The smallest absolute Gasteiger partial charge is 0.264 e. The maximum absolute atomic E-state index is 11.2. The number of hydrogen-bond acceptors (Lipinski definition) is 8. The van der Waals surface area contributed by atoms with Gasteiger partial charge in [-0.15, -0.1) is 0 Å². The van der Waals surface area contributed by atoms with Gasteiger partial charge in [0, 0.05) is 39.5 Å². The highest BCUT2D eigenvalue weighted by atomic mass is 79.9. The average molecular weight is 737 g/mol. The fourth-order valence-electron chi connectivity index (χ4n) is 4.81. The van der Waals surface area contributed by atoms with Crippen LogP contribution in [0, 0.1) is 0 Å². The van der Waals surface area contributed by atoms with Gasteiger partial charge in [-0.05, 0) is 68.0 Å². The van der Waals surface area contributed by atoms with Crippen LogP contribution in [-0.4, -0.2) is 56.8 Å². The molecular formula is C27H32Br2N2O8S2. The Balaban J connectivity index is 1.58. The number of halogens is 2. The van der Waals surface area contributed by atoms with Crippen LogP contribution < -0.4 is 19.3 Å². The lowest BCUT2D eigenvalue weighted by molar-refractivity contribution is -0.862. The van der Waals surface area contributed by atoms with E-state index in [1.807, 2.05) is 60.4 Å². The van der Waals surface area contributed by atoms with Gasteiger partial charge in [-0.2, -0.15) is 8.42 Å². The molecule has 4 rings (SSSR count). The fourth-order valence-corrected chi connectivity index (χ4v) is 6.65. The normalized spacial score (nSPS) is 19.7. The van der Waals surface area contributed by atoms with Crippen LogP contribution in [0.3, 0.4) is 0 Å². The largest absolute Gasteiger partial charge is 0.748 e. The van der Waals surface area contributed by atoms with Gasteiger partial charge < -0.3 is 18.9 Å². The molecule has 2 unspecified atom stereocenters. The molecule has 0 fully saturated rings. The Morgan fingerprint density at radius 3 is 2.39 bits per heavy atom. The van der Waals surface area contributed by atoms with Gasteiger partial charge in [-0.1, -0.05) is 38.8 Å². The van der Waals surface area contributed by atoms with Crippen molar-refractivity contribution in [3.05, 3.63) is 69.0 Å². The first-order valence-electron chi connectivity index (χ1n) is 13.2. The molecule has 0 aromatic heterocycles. The first kappa shape index (κ1) is 32.0. The van der Waals surface area contributed by atoms with Crippen molar-refractivity contribution in [2.45, 2.75) is 45.3 Å². The van der Waals surface area contributed by atoms with E-state index in [-0.39, 0.29) is 18.4 Å². The van der Waals surface area contributed by atoms with Crippen LogP contribution in [0.4, 0.5) is 11.4 Å². The summed E-state index contributed by atoms with van der Waals surface area (Å²) in [5, 5.41) is 0. The fraction of sp³-hybridized carbons (Fsp3) is 0.407. The Bertz CT molecular complexity index is 1540. The molecule has 41 heavy (non-hydrogen) atoms. The Hall–Kier alpha value is -1.94. The highest BCUT2D eigenvalue weighted by Crippen LogP contribution is 2.41. The number of fused-ring (bicyclic) bond motifs is 2. The topological polar surface area (TPSA) is 138 Å². The molecule has 2 aromatic carbocycles. The minimum Gasteiger partial charge on any atom is -0.748 e. The van der Waals surface area contributed by atoms with Gasteiger partial charge in [-0.25, -0.2) is 8.42 Å². The SMILES string of the molecule is CCC(/C=C1\Oc2ccc(Br)cc2N1CCCCS(=O)(=O)O)=C\C1Oc2ccc(Br)cc2[NH+]1CCCCS(=O)(=O)[O-]. The molecule has 0 bridgehead atoms. The summed E-state index contributed by atoms with van der Waals surface area (Å²) in [6.07, 6.45) is 5.89. The van der Waals surface area contributed by atoms with Crippen molar-refractivity contribution in [3.8, 4) is 11.5 Å². The van der Waals surface area contributed by atoms with Gasteiger partial charge in [-0.3, -0.25) is 9.45 Å². The molecule has 0 radical (unpaired) electrons. The van der Waals surface area contributed by atoms with E-state index in [0.29, 0.717) is 50.4 Å². The molecule has 2 aliphatic rings. The highest BCUT2D eigenvalue weighted by molar-refractivity contribution is 9.10. The van der Waals surface area contributed by atoms with Crippen molar-refractivity contribution in [2.24, 2.45) is 0 Å². The van der Waals surface area contributed by atoms with Crippen molar-refractivity contribution in [1.29, 1.82) is 0 Å². The number of nitrogens with zero attached hydrogens (tertiary/aromatic N) is 1. The molecule has 224 valence electrons. The molecule has 2 heterocycles. The number of anilines is 1. The Kier molecular flexibility index (Phi) is 10.6. The quantitative estimate of drug-likeness (QED) is 0.225. The van der Waals surface area contributed by atoms with Crippen molar-refractivity contribution in [2.75, 3.05) is 29.5 Å². The summed E-state index contributed by atoms with van der Waals surface area (Å²) < 4.78 is 78.9. The van der Waals surface area contributed by atoms with Crippen LogP contribution >= 0.6 is 31.9 Å². The zero-order chi connectivity index (χ0) is 29.8. The van der Waals surface area contributed by atoms with Gasteiger partial charge in [0.1, 0.15) is 0 Å². The molecule has 2 atom stereocenters. The van der Waals surface area contributed by atoms with Crippen LogP contribution in [0.5, 0.6) is 11.5 Å². The van der Waals surface area contributed by atoms with Crippen molar-refractivity contribution < 1.29 is 40.3 Å². The van der Waals surface area contributed by atoms with Gasteiger partial charge in [0.15, 0.2) is 17.2 Å². The Labute approximate surface area is 257 Å². The van der Waals surface area contributed by atoms with E-state index >= 15 is 0 Å². The third kappa shape index (κ3) is 9.02. The van der Waals surface area contributed by atoms with E-state index in [4.69, 9.17) is 14.0 Å². The van der Waals surface area contributed by atoms with Crippen molar-refractivity contribution >= 4 is 63.5 Å². The summed E-state index contributed by atoms with van der Waals surface area (Å²) in [5.41, 5.74) is 2.75. The average Bonchev–Trinajstić information content (AvgIpc) is 3.39. The van der Waals surface area contributed by atoms with E-state index in [2.05, 4.69) is 31.9 Å². The lowest BCUT2D eigenvalue weighted by Crippen LogP contribution is -3.10. The van der Waals surface area contributed by atoms with Crippen LogP contribution in [0.2, 0.25) is 0 Å². The summed E-state index contributed by atoms with van der Waals surface area (Å²) in [5.74, 6) is 1.31. The summed E-state index contributed by atoms with van der Waals surface area (Å²) in [4.78, 5) is 3.00. The number of rotatable bonds is 13. The monoisotopic (exact) mass is 734 g/mol. The zero-order valence-electron chi connectivity index (χ0n) is 22.4.